The van der Waals surface area contributed by atoms with Gasteiger partial charge in [0.05, 0.1) is 24.7 Å². The Hall–Kier alpha value is -2.51. The molecule has 3 rings (SSSR count). The van der Waals surface area contributed by atoms with Gasteiger partial charge in [0.15, 0.2) is 11.5 Å². The van der Waals surface area contributed by atoms with Crippen LogP contribution in [0.3, 0.4) is 0 Å². The van der Waals surface area contributed by atoms with Crippen LogP contribution in [-0.4, -0.2) is 42.0 Å². The molecule has 31 heavy (non-hydrogen) atoms. The van der Waals surface area contributed by atoms with Crippen molar-refractivity contribution in [2.24, 2.45) is 0 Å². The van der Waals surface area contributed by atoms with Crippen LogP contribution in [-0.2, 0) is 4.79 Å². The molecule has 0 N–H and O–H groups in total. The molecule has 0 aliphatic carbocycles. The summed E-state index contributed by atoms with van der Waals surface area (Å²) in [6.45, 7) is 7.63. The van der Waals surface area contributed by atoms with Crippen LogP contribution in [0.15, 0.2) is 41.3 Å². The standard InChI is InChI=1S/C24H27NO4S2/c1-5-27-21-14-18(15-22-23(26)25(4)24(30)31-22)9-10-19(21)28-11-6-12-29-20-13-16(2)7-8-17(20)3/h7-10,13-15H,5-6,11-12H2,1-4H3. The molecule has 0 aromatic heterocycles. The Kier molecular flexibility index (Phi) is 7.98. The second kappa shape index (κ2) is 10.7. The van der Waals surface area contributed by atoms with E-state index in [1.807, 2.05) is 38.1 Å². The van der Waals surface area contributed by atoms with Crippen molar-refractivity contribution in [3.05, 3.63) is 58.0 Å². The molecule has 0 spiro atoms. The highest BCUT2D eigenvalue weighted by Crippen LogP contribution is 2.34. The molecule has 0 atom stereocenters. The number of rotatable bonds is 9. The molecule has 1 heterocycles. The molecule has 1 saturated heterocycles. The minimum Gasteiger partial charge on any atom is -0.493 e. The number of likely N-dealkylation sites (N-methyl/N-ethyl adjacent to an activating group) is 1. The third-order valence-electron chi connectivity index (χ3n) is 4.70. The van der Waals surface area contributed by atoms with Crippen molar-refractivity contribution in [3.63, 3.8) is 0 Å². The second-order valence-electron chi connectivity index (χ2n) is 7.20. The normalized spacial score (nSPS) is 15.0. The summed E-state index contributed by atoms with van der Waals surface area (Å²) in [5, 5.41) is 0. The first-order valence-corrected chi connectivity index (χ1v) is 11.4. The van der Waals surface area contributed by atoms with E-state index in [-0.39, 0.29) is 5.91 Å². The number of benzene rings is 2. The van der Waals surface area contributed by atoms with E-state index < -0.39 is 0 Å². The molecule has 0 saturated carbocycles. The molecule has 1 fully saturated rings. The molecule has 1 aliphatic heterocycles. The molecule has 1 aliphatic rings. The quantitative estimate of drug-likeness (QED) is 0.286. The van der Waals surface area contributed by atoms with Gasteiger partial charge in [-0.2, -0.15) is 0 Å². The fourth-order valence-corrected chi connectivity index (χ4v) is 4.16. The SMILES string of the molecule is CCOc1cc(C=C2SC(=S)N(C)C2=O)ccc1OCCCOc1cc(C)ccc1C. The number of carbonyl (C=O) groups excluding carboxylic acids is 1. The maximum Gasteiger partial charge on any atom is 0.265 e. The van der Waals surface area contributed by atoms with E-state index in [1.54, 1.807) is 7.05 Å². The van der Waals surface area contributed by atoms with Gasteiger partial charge in [-0.1, -0.05) is 42.2 Å². The van der Waals surface area contributed by atoms with E-state index >= 15 is 0 Å². The minimum absolute atomic E-state index is 0.0860. The van der Waals surface area contributed by atoms with Gasteiger partial charge in [0.2, 0.25) is 0 Å². The maximum atomic E-state index is 12.2. The fourth-order valence-electron chi connectivity index (χ4n) is 2.98. The van der Waals surface area contributed by atoms with Crippen molar-refractivity contribution in [3.8, 4) is 17.2 Å². The Bertz CT molecular complexity index is 1000. The zero-order valence-corrected chi connectivity index (χ0v) is 19.9. The third-order valence-corrected chi connectivity index (χ3v) is 6.18. The number of aryl methyl sites for hydroxylation is 2. The van der Waals surface area contributed by atoms with Gasteiger partial charge in [-0.25, -0.2) is 0 Å². The molecule has 164 valence electrons. The topological polar surface area (TPSA) is 48.0 Å². The zero-order chi connectivity index (χ0) is 22.4. The number of thioether (sulfide) groups is 1. The highest BCUT2D eigenvalue weighted by Gasteiger charge is 2.28. The molecule has 1 amide bonds. The average Bonchev–Trinajstić information content (AvgIpc) is 2.98. The van der Waals surface area contributed by atoms with Crippen molar-refractivity contribution in [2.75, 3.05) is 26.9 Å². The summed E-state index contributed by atoms with van der Waals surface area (Å²) in [6.07, 6.45) is 2.58. The first kappa shape index (κ1) is 23.2. The van der Waals surface area contributed by atoms with Gasteiger partial charge in [0.1, 0.15) is 10.1 Å². The van der Waals surface area contributed by atoms with Crippen LogP contribution in [0.25, 0.3) is 6.08 Å². The van der Waals surface area contributed by atoms with Crippen LogP contribution < -0.4 is 14.2 Å². The van der Waals surface area contributed by atoms with Crippen molar-refractivity contribution in [2.45, 2.75) is 27.2 Å². The smallest absolute Gasteiger partial charge is 0.265 e. The Balaban J connectivity index is 1.59. The molecule has 0 radical (unpaired) electrons. The van der Waals surface area contributed by atoms with Crippen LogP contribution >= 0.6 is 24.0 Å². The third kappa shape index (κ3) is 6.02. The van der Waals surface area contributed by atoms with Gasteiger partial charge in [-0.05, 0) is 61.7 Å². The molecular weight excluding hydrogens is 430 g/mol. The van der Waals surface area contributed by atoms with Crippen molar-refractivity contribution in [1.82, 2.24) is 4.90 Å². The lowest BCUT2D eigenvalue weighted by Gasteiger charge is -2.14. The highest BCUT2D eigenvalue weighted by atomic mass is 32.2. The lowest BCUT2D eigenvalue weighted by atomic mass is 10.1. The van der Waals surface area contributed by atoms with E-state index in [9.17, 15) is 4.79 Å². The number of nitrogens with zero attached hydrogens (tertiary/aromatic N) is 1. The molecule has 2 aromatic rings. The van der Waals surface area contributed by atoms with Crippen LogP contribution in [0.5, 0.6) is 17.2 Å². The zero-order valence-electron chi connectivity index (χ0n) is 18.3. The van der Waals surface area contributed by atoms with E-state index in [4.69, 9.17) is 26.4 Å². The number of carbonyl (C=O) groups is 1. The van der Waals surface area contributed by atoms with Gasteiger partial charge in [0, 0.05) is 13.5 Å². The lowest BCUT2D eigenvalue weighted by molar-refractivity contribution is -0.121. The molecule has 2 aromatic carbocycles. The highest BCUT2D eigenvalue weighted by molar-refractivity contribution is 8.26. The summed E-state index contributed by atoms with van der Waals surface area (Å²) in [7, 11) is 1.69. The van der Waals surface area contributed by atoms with Crippen molar-refractivity contribution >= 4 is 40.3 Å². The van der Waals surface area contributed by atoms with Gasteiger partial charge in [0.25, 0.3) is 5.91 Å². The van der Waals surface area contributed by atoms with Gasteiger partial charge in [-0.15, -0.1) is 0 Å². The van der Waals surface area contributed by atoms with Crippen molar-refractivity contribution < 1.29 is 19.0 Å². The fraction of sp³-hybridized carbons (Fsp3) is 0.333. The summed E-state index contributed by atoms with van der Waals surface area (Å²) in [5.41, 5.74) is 3.17. The Morgan fingerprint density at radius 3 is 2.42 bits per heavy atom. The molecule has 7 heteroatoms. The maximum absolute atomic E-state index is 12.2. The van der Waals surface area contributed by atoms with E-state index in [0.29, 0.717) is 40.5 Å². The van der Waals surface area contributed by atoms with Gasteiger partial charge < -0.3 is 14.2 Å². The van der Waals surface area contributed by atoms with E-state index in [1.165, 1.54) is 22.2 Å². The van der Waals surface area contributed by atoms with Crippen LogP contribution in [0.2, 0.25) is 0 Å². The van der Waals surface area contributed by atoms with Crippen molar-refractivity contribution in [1.29, 1.82) is 0 Å². The van der Waals surface area contributed by atoms with Gasteiger partial charge >= 0.3 is 0 Å². The number of ether oxygens (including phenoxy) is 3. The molecule has 0 unspecified atom stereocenters. The number of hydrogen-bond acceptors (Lipinski definition) is 6. The Labute approximate surface area is 193 Å². The number of thiocarbonyl (C=S) groups is 1. The summed E-state index contributed by atoms with van der Waals surface area (Å²) < 4.78 is 18.1. The summed E-state index contributed by atoms with van der Waals surface area (Å²) in [5.74, 6) is 2.15. The average molecular weight is 458 g/mol. The summed E-state index contributed by atoms with van der Waals surface area (Å²) >= 11 is 6.49. The van der Waals surface area contributed by atoms with E-state index in [0.717, 1.165) is 23.3 Å². The number of hydrogen-bond donors (Lipinski definition) is 0. The van der Waals surface area contributed by atoms with E-state index in [2.05, 4.69) is 25.1 Å². The number of amides is 1. The molecule has 5 nitrogen and oxygen atoms in total. The van der Waals surface area contributed by atoms with Crippen LogP contribution in [0.4, 0.5) is 0 Å². The first-order valence-electron chi connectivity index (χ1n) is 10.2. The first-order chi connectivity index (χ1) is 14.9. The molecular formula is C24H27NO4S2. The Morgan fingerprint density at radius 2 is 1.74 bits per heavy atom. The van der Waals surface area contributed by atoms with Crippen LogP contribution in [0, 0.1) is 13.8 Å². The summed E-state index contributed by atoms with van der Waals surface area (Å²) in [4.78, 5) is 14.3. The largest absolute Gasteiger partial charge is 0.493 e. The lowest BCUT2D eigenvalue weighted by Crippen LogP contribution is -2.22. The second-order valence-corrected chi connectivity index (χ2v) is 8.88. The predicted molar refractivity (Wildman–Crippen MR) is 130 cm³/mol. The monoisotopic (exact) mass is 457 g/mol. The Morgan fingerprint density at radius 1 is 1.00 bits per heavy atom. The molecule has 0 bridgehead atoms. The van der Waals surface area contributed by atoms with Crippen LogP contribution in [0.1, 0.15) is 30.0 Å². The predicted octanol–water partition coefficient (Wildman–Crippen LogP) is 5.38. The summed E-state index contributed by atoms with van der Waals surface area (Å²) in [6, 6.07) is 11.9. The minimum atomic E-state index is -0.0860. The van der Waals surface area contributed by atoms with Gasteiger partial charge in [-0.3, -0.25) is 9.69 Å².